The molecule has 0 radical (unpaired) electrons. The second kappa shape index (κ2) is 10.2. The molecule has 0 aliphatic rings. The van der Waals surface area contributed by atoms with Crippen molar-refractivity contribution in [3.63, 3.8) is 0 Å². The van der Waals surface area contributed by atoms with E-state index in [0.717, 1.165) is 29.1 Å². The van der Waals surface area contributed by atoms with Gasteiger partial charge in [0.05, 0.1) is 17.3 Å². The van der Waals surface area contributed by atoms with Crippen LogP contribution < -0.4 is 5.32 Å². The van der Waals surface area contributed by atoms with Crippen LogP contribution in [-0.2, 0) is 33.5 Å². The molecule has 0 spiro atoms. The van der Waals surface area contributed by atoms with E-state index in [2.05, 4.69) is 27.8 Å². The molecule has 0 unspecified atom stereocenters. The number of alkyl carbamates (subject to hydrolysis) is 1. The SMILES string of the molecule is Cc1nc(CCc2cccc(CCOC(=O)CNC(=O)OC(C)(C)C)c2)cs1. The van der Waals surface area contributed by atoms with Crippen LogP contribution in [0.2, 0.25) is 0 Å². The van der Waals surface area contributed by atoms with E-state index in [1.54, 1.807) is 32.1 Å². The second-order valence-electron chi connectivity index (χ2n) is 7.50. The number of thiazole rings is 1. The summed E-state index contributed by atoms with van der Waals surface area (Å²) in [7, 11) is 0. The highest BCUT2D eigenvalue weighted by Crippen LogP contribution is 2.13. The smallest absolute Gasteiger partial charge is 0.408 e. The average molecular weight is 405 g/mol. The summed E-state index contributed by atoms with van der Waals surface area (Å²) in [5.41, 5.74) is 2.87. The molecule has 1 N–H and O–H groups in total. The Morgan fingerprint density at radius 3 is 2.50 bits per heavy atom. The van der Waals surface area contributed by atoms with Gasteiger partial charge in [-0.3, -0.25) is 4.79 Å². The maximum atomic E-state index is 11.7. The minimum atomic E-state index is -0.632. The van der Waals surface area contributed by atoms with E-state index >= 15 is 0 Å². The monoisotopic (exact) mass is 404 g/mol. The van der Waals surface area contributed by atoms with Gasteiger partial charge in [0.25, 0.3) is 0 Å². The van der Waals surface area contributed by atoms with Gasteiger partial charge in [0.2, 0.25) is 0 Å². The van der Waals surface area contributed by atoms with Crippen LogP contribution in [0.15, 0.2) is 29.6 Å². The van der Waals surface area contributed by atoms with Gasteiger partial charge >= 0.3 is 12.1 Å². The Labute approximate surface area is 170 Å². The molecule has 0 aliphatic heterocycles. The number of carbonyl (C=O) groups excluding carboxylic acids is 2. The van der Waals surface area contributed by atoms with Gasteiger partial charge in [-0.05, 0) is 51.7 Å². The van der Waals surface area contributed by atoms with Crippen LogP contribution in [0.1, 0.15) is 42.6 Å². The molecule has 1 amide bonds. The van der Waals surface area contributed by atoms with Crippen molar-refractivity contribution < 1.29 is 19.1 Å². The Morgan fingerprint density at radius 1 is 1.14 bits per heavy atom. The first-order chi connectivity index (χ1) is 13.2. The van der Waals surface area contributed by atoms with E-state index in [9.17, 15) is 9.59 Å². The zero-order valence-electron chi connectivity index (χ0n) is 16.9. The van der Waals surface area contributed by atoms with E-state index < -0.39 is 17.7 Å². The molecule has 2 aromatic rings. The highest BCUT2D eigenvalue weighted by atomic mass is 32.1. The van der Waals surface area contributed by atoms with Crippen molar-refractivity contribution >= 4 is 23.4 Å². The first-order valence-corrected chi connectivity index (χ1v) is 10.2. The molecule has 7 heteroatoms. The first kappa shape index (κ1) is 21.9. The van der Waals surface area contributed by atoms with Crippen LogP contribution in [0.25, 0.3) is 0 Å². The molecule has 2 rings (SSSR count). The highest BCUT2D eigenvalue weighted by Gasteiger charge is 2.16. The summed E-state index contributed by atoms with van der Waals surface area (Å²) in [6, 6.07) is 8.26. The third kappa shape index (κ3) is 8.52. The molecule has 0 aliphatic carbocycles. The van der Waals surface area contributed by atoms with Gasteiger partial charge in [-0.2, -0.15) is 0 Å². The number of benzene rings is 1. The Kier molecular flexibility index (Phi) is 7.99. The average Bonchev–Trinajstić information content (AvgIpc) is 3.02. The number of hydrogen-bond acceptors (Lipinski definition) is 6. The highest BCUT2D eigenvalue weighted by molar-refractivity contribution is 7.09. The van der Waals surface area contributed by atoms with E-state index in [4.69, 9.17) is 9.47 Å². The number of carbonyl (C=O) groups is 2. The number of ether oxygens (including phenoxy) is 2. The molecule has 0 saturated heterocycles. The number of hydrogen-bond donors (Lipinski definition) is 1. The summed E-state index contributed by atoms with van der Waals surface area (Å²) in [6.45, 7) is 7.36. The molecule has 6 nitrogen and oxygen atoms in total. The van der Waals surface area contributed by atoms with Crippen molar-refractivity contribution in [3.8, 4) is 0 Å². The summed E-state index contributed by atoms with van der Waals surface area (Å²) in [5, 5.41) is 5.58. The number of amides is 1. The predicted octanol–water partition coefficient (Wildman–Crippen LogP) is 3.85. The van der Waals surface area contributed by atoms with Gasteiger partial charge in [0.1, 0.15) is 12.1 Å². The maximum Gasteiger partial charge on any atom is 0.408 e. The molecule has 1 aromatic heterocycles. The quantitative estimate of drug-likeness (QED) is 0.676. The number of rotatable bonds is 8. The zero-order valence-corrected chi connectivity index (χ0v) is 17.7. The standard InChI is InChI=1S/C21H28N2O4S/c1-15-23-18(14-28-15)9-8-16-6-5-7-17(12-16)10-11-26-19(24)13-22-20(25)27-21(2,3)4/h5-7,12,14H,8-11,13H2,1-4H3,(H,22,25). The van der Waals surface area contributed by atoms with E-state index in [1.807, 2.05) is 19.1 Å². The Balaban J connectivity index is 1.69. The van der Waals surface area contributed by atoms with Gasteiger partial charge in [-0.25, -0.2) is 9.78 Å². The molecule has 28 heavy (non-hydrogen) atoms. The molecule has 1 aromatic carbocycles. The summed E-state index contributed by atoms with van der Waals surface area (Å²) in [6.07, 6.45) is 1.84. The number of nitrogens with one attached hydrogen (secondary N) is 1. The fourth-order valence-corrected chi connectivity index (χ4v) is 3.18. The van der Waals surface area contributed by atoms with Crippen LogP contribution in [0.3, 0.4) is 0 Å². The lowest BCUT2D eigenvalue weighted by Gasteiger charge is -2.19. The summed E-state index contributed by atoms with van der Waals surface area (Å²) >= 11 is 1.67. The van der Waals surface area contributed by atoms with Crippen LogP contribution in [0.4, 0.5) is 4.79 Å². The van der Waals surface area contributed by atoms with Crippen LogP contribution >= 0.6 is 11.3 Å². The lowest BCUT2D eigenvalue weighted by atomic mass is 10.0. The Morgan fingerprint density at radius 2 is 1.86 bits per heavy atom. The lowest BCUT2D eigenvalue weighted by molar-refractivity contribution is -0.142. The molecular weight excluding hydrogens is 376 g/mol. The number of aryl methyl sites for hydroxylation is 3. The number of aromatic nitrogens is 1. The summed E-state index contributed by atoms with van der Waals surface area (Å²) in [4.78, 5) is 27.7. The Bertz CT molecular complexity index is 796. The predicted molar refractivity (Wildman–Crippen MR) is 110 cm³/mol. The van der Waals surface area contributed by atoms with Crippen molar-refractivity contribution in [2.45, 2.75) is 52.6 Å². The van der Waals surface area contributed by atoms with Crippen LogP contribution in [0.5, 0.6) is 0 Å². The zero-order chi connectivity index (χ0) is 20.6. The first-order valence-electron chi connectivity index (χ1n) is 9.32. The third-order valence-electron chi connectivity index (χ3n) is 3.76. The van der Waals surface area contributed by atoms with Gasteiger partial charge < -0.3 is 14.8 Å². The topological polar surface area (TPSA) is 77.5 Å². The fraction of sp³-hybridized carbons (Fsp3) is 0.476. The number of esters is 1. The van der Waals surface area contributed by atoms with Gasteiger partial charge in [-0.15, -0.1) is 11.3 Å². The van der Waals surface area contributed by atoms with Crippen LogP contribution in [-0.4, -0.2) is 35.8 Å². The minimum absolute atomic E-state index is 0.206. The lowest BCUT2D eigenvalue weighted by Crippen LogP contribution is -2.36. The minimum Gasteiger partial charge on any atom is -0.464 e. The largest absolute Gasteiger partial charge is 0.464 e. The van der Waals surface area contributed by atoms with Gasteiger partial charge in [-0.1, -0.05) is 24.3 Å². The molecule has 1 heterocycles. The van der Waals surface area contributed by atoms with Crippen molar-refractivity contribution in [1.82, 2.24) is 10.3 Å². The maximum absolute atomic E-state index is 11.7. The molecule has 0 bridgehead atoms. The molecule has 0 saturated carbocycles. The second-order valence-corrected chi connectivity index (χ2v) is 8.57. The van der Waals surface area contributed by atoms with E-state index in [1.165, 1.54) is 5.56 Å². The fourth-order valence-electron chi connectivity index (χ4n) is 2.53. The molecule has 0 atom stereocenters. The van der Waals surface area contributed by atoms with Crippen molar-refractivity contribution in [2.75, 3.05) is 13.2 Å². The van der Waals surface area contributed by atoms with Crippen molar-refractivity contribution in [2.24, 2.45) is 0 Å². The molecular formula is C21H28N2O4S. The van der Waals surface area contributed by atoms with Gasteiger partial charge in [0, 0.05) is 11.8 Å². The van der Waals surface area contributed by atoms with Crippen molar-refractivity contribution in [3.05, 3.63) is 51.5 Å². The van der Waals surface area contributed by atoms with Gasteiger partial charge in [0.15, 0.2) is 0 Å². The number of nitrogens with zero attached hydrogens (tertiary/aromatic N) is 1. The van der Waals surface area contributed by atoms with Crippen molar-refractivity contribution in [1.29, 1.82) is 0 Å². The summed E-state index contributed by atoms with van der Waals surface area (Å²) < 4.78 is 10.3. The van der Waals surface area contributed by atoms with E-state index in [0.29, 0.717) is 6.42 Å². The summed E-state index contributed by atoms with van der Waals surface area (Å²) in [5.74, 6) is -0.485. The molecule has 0 fully saturated rings. The Hall–Kier alpha value is -2.41. The van der Waals surface area contributed by atoms with Crippen LogP contribution in [0, 0.1) is 6.92 Å². The van der Waals surface area contributed by atoms with E-state index in [-0.39, 0.29) is 13.2 Å². The molecule has 152 valence electrons. The normalized spacial score (nSPS) is 11.1. The third-order valence-corrected chi connectivity index (χ3v) is 4.58.